The number of rotatable bonds is 5. The molecule has 0 saturated heterocycles. The Morgan fingerprint density at radius 1 is 1.04 bits per heavy atom. The van der Waals surface area contributed by atoms with Gasteiger partial charge < -0.3 is 10.1 Å². The summed E-state index contributed by atoms with van der Waals surface area (Å²) in [4.78, 5) is 11.8. The highest BCUT2D eigenvalue weighted by Crippen LogP contribution is 2.28. The fraction of sp³-hybridized carbons (Fsp3) is 0.316. The third-order valence-corrected chi connectivity index (χ3v) is 4.93. The van der Waals surface area contributed by atoms with Crippen molar-refractivity contribution in [3.63, 3.8) is 0 Å². The fourth-order valence-electron chi connectivity index (χ4n) is 2.33. The lowest BCUT2D eigenvalue weighted by atomic mass is 10.1. The molecule has 26 heavy (non-hydrogen) atoms. The van der Waals surface area contributed by atoms with E-state index in [0.717, 1.165) is 5.56 Å². The highest BCUT2D eigenvalue weighted by atomic mass is 32.2. The molecule has 0 bridgehead atoms. The lowest BCUT2D eigenvalue weighted by molar-refractivity contribution is 0.0600. The van der Waals surface area contributed by atoms with Gasteiger partial charge in [0, 0.05) is 11.2 Å². The molecule has 0 heterocycles. The number of ether oxygens (including phenoxy) is 1. The maximum atomic E-state index is 13.0. The van der Waals surface area contributed by atoms with Gasteiger partial charge in [0.05, 0.1) is 18.4 Å². The van der Waals surface area contributed by atoms with E-state index in [1.54, 1.807) is 18.2 Å². The van der Waals surface area contributed by atoms with Gasteiger partial charge in [-0.05, 0) is 58.0 Å². The van der Waals surface area contributed by atoms with E-state index < -0.39 is 16.0 Å². The predicted octanol–water partition coefficient (Wildman–Crippen LogP) is 3.79. The SMILES string of the molecule is COC(=O)c1ccc(NC(C)(C)C)c(S(=O)(=O)Nc2ccc(C)cc2)c1. The Kier molecular flexibility index (Phi) is 5.61. The van der Waals surface area contributed by atoms with Crippen molar-refractivity contribution in [3.8, 4) is 0 Å². The topological polar surface area (TPSA) is 84.5 Å². The third-order valence-electron chi connectivity index (χ3n) is 3.51. The highest BCUT2D eigenvalue weighted by Gasteiger charge is 2.23. The predicted molar refractivity (Wildman–Crippen MR) is 103 cm³/mol. The Bertz CT molecular complexity index is 898. The van der Waals surface area contributed by atoms with E-state index >= 15 is 0 Å². The van der Waals surface area contributed by atoms with Gasteiger partial charge in [-0.15, -0.1) is 0 Å². The molecule has 2 aromatic carbocycles. The Balaban J connectivity index is 2.51. The maximum absolute atomic E-state index is 13.0. The molecule has 0 radical (unpaired) electrons. The number of methoxy groups -OCH3 is 1. The van der Waals surface area contributed by atoms with Gasteiger partial charge >= 0.3 is 5.97 Å². The normalized spacial score (nSPS) is 11.7. The van der Waals surface area contributed by atoms with Gasteiger partial charge in [0.25, 0.3) is 10.0 Å². The number of hydrogen-bond acceptors (Lipinski definition) is 5. The number of aryl methyl sites for hydroxylation is 1. The van der Waals surface area contributed by atoms with Crippen LogP contribution in [0.3, 0.4) is 0 Å². The van der Waals surface area contributed by atoms with Crippen LogP contribution in [0.1, 0.15) is 36.7 Å². The van der Waals surface area contributed by atoms with Gasteiger partial charge in [-0.3, -0.25) is 4.72 Å². The van der Waals surface area contributed by atoms with Crippen LogP contribution >= 0.6 is 0 Å². The first-order valence-electron chi connectivity index (χ1n) is 8.12. The summed E-state index contributed by atoms with van der Waals surface area (Å²) in [7, 11) is -2.66. The highest BCUT2D eigenvalue weighted by molar-refractivity contribution is 7.92. The third kappa shape index (κ3) is 4.98. The zero-order valence-electron chi connectivity index (χ0n) is 15.6. The van der Waals surface area contributed by atoms with Crippen molar-refractivity contribution in [1.29, 1.82) is 0 Å². The van der Waals surface area contributed by atoms with Crippen LogP contribution in [0.5, 0.6) is 0 Å². The second-order valence-corrected chi connectivity index (χ2v) is 8.70. The molecule has 0 saturated carbocycles. The van der Waals surface area contributed by atoms with E-state index in [2.05, 4.69) is 10.0 Å². The minimum atomic E-state index is -3.91. The van der Waals surface area contributed by atoms with Crippen LogP contribution in [0, 0.1) is 6.92 Å². The summed E-state index contributed by atoms with van der Waals surface area (Å²) in [5, 5.41) is 3.16. The average molecular weight is 376 g/mol. The zero-order valence-corrected chi connectivity index (χ0v) is 16.4. The Morgan fingerprint density at radius 2 is 1.65 bits per heavy atom. The monoisotopic (exact) mass is 376 g/mol. The Hall–Kier alpha value is -2.54. The van der Waals surface area contributed by atoms with Crippen LogP contribution in [0.15, 0.2) is 47.4 Å². The molecule has 0 spiro atoms. The van der Waals surface area contributed by atoms with Crippen molar-refractivity contribution < 1.29 is 17.9 Å². The zero-order chi connectivity index (χ0) is 19.5. The van der Waals surface area contributed by atoms with Crippen molar-refractivity contribution in [2.45, 2.75) is 38.1 Å². The van der Waals surface area contributed by atoms with E-state index in [1.807, 2.05) is 39.8 Å². The van der Waals surface area contributed by atoms with Crippen molar-refractivity contribution in [3.05, 3.63) is 53.6 Å². The molecule has 0 unspecified atom stereocenters. The van der Waals surface area contributed by atoms with Gasteiger partial charge in [-0.1, -0.05) is 17.7 Å². The molecule has 2 aromatic rings. The van der Waals surface area contributed by atoms with Crippen LogP contribution < -0.4 is 10.0 Å². The molecule has 2 N–H and O–H groups in total. The van der Waals surface area contributed by atoms with Crippen molar-refractivity contribution >= 4 is 27.4 Å². The molecule has 7 heteroatoms. The number of benzene rings is 2. The number of anilines is 2. The van der Waals surface area contributed by atoms with E-state index in [0.29, 0.717) is 11.4 Å². The van der Waals surface area contributed by atoms with Crippen LogP contribution in [-0.2, 0) is 14.8 Å². The second-order valence-electron chi connectivity index (χ2n) is 7.05. The van der Waals surface area contributed by atoms with E-state index in [1.165, 1.54) is 19.2 Å². The summed E-state index contributed by atoms with van der Waals surface area (Å²) in [6.45, 7) is 7.69. The molecule has 0 fully saturated rings. The summed E-state index contributed by atoms with van der Waals surface area (Å²) in [6.07, 6.45) is 0. The molecule has 140 valence electrons. The van der Waals surface area contributed by atoms with Crippen molar-refractivity contribution in [1.82, 2.24) is 0 Å². The lowest BCUT2D eigenvalue weighted by Crippen LogP contribution is -2.28. The molecule has 0 aliphatic rings. The summed E-state index contributed by atoms with van der Waals surface area (Å²) in [5.41, 5.74) is 1.68. The molecular formula is C19H24N2O4S. The van der Waals surface area contributed by atoms with Gasteiger partial charge in [0.15, 0.2) is 0 Å². The van der Waals surface area contributed by atoms with Gasteiger partial charge in [-0.2, -0.15) is 0 Å². The molecule has 2 rings (SSSR count). The first kappa shape index (κ1) is 19.8. The van der Waals surface area contributed by atoms with Crippen LogP contribution in [-0.4, -0.2) is 27.0 Å². The first-order valence-corrected chi connectivity index (χ1v) is 9.60. The average Bonchev–Trinajstić information content (AvgIpc) is 2.55. The molecule has 6 nitrogen and oxygen atoms in total. The summed E-state index contributed by atoms with van der Waals surface area (Å²) in [6, 6.07) is 11.4. The molecule has 0 aliphatic carbocycles. The van der Waals surface area contributed by atoms with Crippen LogP contribution in [0.2, 0.25) is 0 Å². The van der Waals surface area contributed by atoms with Gasteiger partial charge in [-0.25, -0.2) is 13.2 Å². The maximum Gasteiger partial charge on any atom is 0.337 e. The molecule has 0 atom stereocenters. The van der Waals surface area contributed by atoms with Gasteiger partial charge in [0.1, 0.15) is 4.90 Å². The minimum absolute atomic E-state index is 0.0177. The molecular weight excluding hydrogens is 352 g/mol. The Labute approximate surface area is 154 Å². The first-order chi connectivity index (χ1) is 12.0. The number of nitrogens with one attached hydrogen (secondary N) is 2. The summed E-state index contributed by atoms with van der Waals surface area (Å²) >= 11 is 0. The number of carbonyl (C=O) groups is 1. The van der Waals surface area contributed by atoms with E-state index in [-0.39, 0.29) is 16.0 Å². The molecule has 0 aromatic heterocycles. The standard InChI is InChI=1S/C19H24N2O4S/c1-13-6-9-15(10-7-13)21-26(23,24)17-12-14(18(22)25-5)8-11-16(17)20-19(2,3)4/h6-12,20-21H,1-5H3. The Morgan fingerprint density at radius 3 is 2.19 bits per heavy atom. The molecule has 0 amide bonds. The van der Waals surface area contributed by atoms with Crippen molar-refractivity contribution in [2.24, 2.45) is 0 Å². The molecule has 0 aliphatic heterocycles. The second kappa shape index (κ2) is 7.37. The smallest absolute Gasteiger partial charge is 0.337 e. The number of sulfonamides is 1. The van der Waals surface area contributed by atoms with Crippen LogP contribution in [0.25, 0.3) is 0 Å². The van der Waals surface area contributed by atoms with E-state index in [9.17, 15) is 13.2 Å². The number of carbonyl (C=O) groups excluding carboxylic acids is 1. The number of hydrogen-bond donors (Lipinski definition) is 2. The quantitative estimate of drug-likeness (QED) is 0.776. The minimum Gasteiger partial charge on any atom is -0.465 e. The summed E-state index contributed by atoms with van der Waals surface area (Å²) < 4.78 is 33.2. The van der Waals surface area contributed by atoms with E-state index in [4.69, 9.17) is 4.74 Å². The number of esters is 1. The largest absolute Gasteiger partial charge is 0.465 e. The van der Waals surface area contributed by atoms with Crippen molar-refractivity contribution in [2.75, 3.05) is 17.1 Å². The lowest BCUT2D eigenvalue weighted by Gasteiger charge is -2.24. The van der Waals surface area contributed by atoms with Gasteiger partial charge in [0.2, 0.25) is 0 Å². The van der Waals surface area contributed by atoms with Crippen LogP contribution in [0.4, 0.5) is 11.4 Å². The fourth-order valence-corrected chi connectivity index (χ4v) is 3.58. The summed E-state index contributed by atoms with van der Waals surface area (Å²) in [5.74, 6) is -0.598.